The second-order valence-electron chi connectivity index (χ2n) is 5.40. The Hall–Kier alpha value is -1.26. The van der Waals surface area contributed by atoms with Gasteiger partial charge in [-0.15, -0.1) is 0 Å². The van der Waals surface area contributed by atoms with Crippen LogP contribution in [0.2, 0.25) is 5.02 Å². The van der Waals surface area contributed by atoms with Gasteiger partial charge in [-0.2, -0.15) is 0 Å². The molecule has 5 heteroatoms. The number of halogens is 1. The summed E-state index contributed by atoms with van der Waals surface area (Å²) in [7, 11) is 0. The maximum absolute atomic E-state index is 11.8. The van der Waals surface area contributed by atoms with E-state index in [0.717, 1.165) is 17.9 Å². The first-order valence-corrected chi connectivity index (χ1v) is 7.39. The molecule has 0 aromatic heterocycles. The molecule has 0 bridgehead atoms. The zero-order valence-corrected chi connectivity index (χ0v) is 12.4. The molecule has 110 valence electrons. The molecule has 1 aromatic carbocycles. The third kappa shape index (κ3) is 3.64. The van der Waals surface area contributed by atoms with Gasteiger partial charge in [-0.05, 0) is 37.0 Å². The van der Waals surface area contributed by atoms with Crippen LogP contribution in [0.5, 0.6) is 0 Å². The average molecular weight is 297 g/mol. The summed E-state index contributed by atoms with van der Waals surface area (Å²) in [6.07, 6.45) is 2.87. The largest absolute Gasteiger partial charge is 0.394 e. The van der Waals surface area contributed by atoms with Crippen LogP contribution in [0.1, 0.15) is 31.7 Å². The second-order valence-corrected chi connectivity index (χ2v) is 5.84. The summed E-state index contributed by atoms with van der Waals surface area (Å²) in [6, 6.07) is 7.42. The summed E-state index contributed by atoms with van der Waals surface area (Å²) in [5.74, 6) is 0. The molecular weight excluding hydrogens is 276 g/mol. The van der Waals surface area contributed by atoms with Crippen LogP contribution < -0.4 is 10.6 Å². The molecule has 3 N–H and O–H groups in total. The molecule has 1 aliphatic rings. The minimum atomic E-state index is -0.217. The lowest BCUT2D eigenvalue weighted by atomic mass is 9.96. The number of benzene rings is 1. The SMILES string of the molecule is CCC(CO)NC(=O)NCC1(c2ccc(Cl)cc2)CC1. The maximum atomic E-state index is 11.8. The zero-order valence-electron chi connectivity index (χ0n) is 11.7. The van der Waals surface area contributed by atoms with Crippen molar-refractivity contribution >= 4 is 17.6 Å². The molecule has 1 saturated carbocycles. The van der Waals surface area contributed by atoms with Gasteiger partial charge >= 0.3 is 6.03 Å². The van der Waals surface area contributed by atoms with Gasteiger partial charge in [0.15, 0.2) is 0 Å². The van der Waals surface area contributed by atoms with E-state index in [-0.39, 0.29) is 24.1 Å². The molecule has 1 aliphatic carbocycles. The van der Waals surface area contributed by atoms with Crippen molar-refractivity contribution in [2.45, 2.75) is 37.6 Å². The fourth-order valence-corrected chi connectivity index (χ4v) is 2.41. The number of aliphatic hydroxyl groups is 1. The number of carbonyl (C=O) groups is 1. The standard InChI is InChI=1S/C15H21ClN2O2/c1-2-13(9-19)18-14(20)17-10-15(7-8-15)11-3-5-12(16)6-4-11/h3-6,13,19H,2,7-10H2,1H3,(H2,17,18,20). The van der Waals surface area contributed by atoms with Crippen LogP contribution in [-0.2, 0) is 5.41 Å². The lowest BCUT2D eigenvalue weighted by Gasteiger charge is -2.19. The van der Waals surface area contributed by atoms with Crippen LogP contribution in [0.3, 0.4) is 0 Å². The highest BCUT2D eigenvalue weighted by Crippen LogP contribution is 2.47. The fourth-order valence-electron chi connectivity index (χ4n) is 2.28. The second kappa shape index (κ2) is 6.46. The quantitative estimate of drug-likeness (QED) is 0.755. The van der Waals surface area contributed by atoms with Crippen molar-refractivity contribution in [1.82, 2.24) is 10.6 Å². The van der Waals surface area contributed by atoms with Crippen LogP contribution in [0.4, 0.5) is 4.79 Å². The van der Waals surface area contributed by atoms with Gasteiger partial charge in [-0.1, -0.05) is 30.7 Å². The number of hydrogen-bond donors (Lipinski definition) is 3. The first kappa shape index (κ1) is 15.1. The predicted molar refractivity (Wildman–Crippen MR) is 80.1 cm³/mol. The normalized spacial score (nSPS) is 17.4. The first-order chi connectivity index (χ1) is 9.59. The number of amides is 2. The number of hydrogen-bond acceptors (Lipinski definition) is 2. The van der Waals surface area contributed by atoms with Crippen molar-refractivity contribution in [2.75, 3.05) is 13.2 Å². The topological polar surface area (TPSA) is 61.4 Å². The molecule has 1 fully saturated rings. The molecule has 0 heterocycles. The van der Waals surface area contributed by atoms with E-state index in [2.05, 4.69) is 10.6 Å². The Morgan fingerprint density at radius 2 is 2.05 bits per heavy atom. The minimum Gasteiger partial charge on any atom is -0.394 e. The summed E-state index contributed by atoms with van der Waals surface area (Å²) in [4.78, 5) is 11.8. The lowest BCUT2D eigenvalue weighted by molar-refractivity contribution is 0.214. The Labute approximate surface area is 124 Å². The van der Waals surface area contributed by atoms with E-state index < -0.39 is 0 Å². The molecule has 20 heavy (non-hydrogen) atoms. The third-order valence-corrected chi connectivity index (χ3v) is 4.20. The molecule has 2 rings (SSSR count). The average Bonchev–Trinajstić information content (AvgIpc) is 3.24. The highest BCUT2D eigenvalue weighted by Gasteiger charge is 2.44. The van der Waals surface area contributed by atoms with Gasteiger partial charge in [-0.25, -0.2) is 4.79 Å². The predicted octanol–water partition coefficient (Wildman–Crippen LogP) is 2.44. The number of aliphatic hydroxyl groups excluding tert-OH is 1. The van der Waals surface area contributed by atoms with Crippen molar-refractivity contribution in [3.05, 3.63) is 34.9 Å². The number of nitrogens with one attached hydrogen (secondary N) is 2. The summed E-state index contributed by atoms with van der Waals surface area (Å²) in [5, 5.41) is 15.4. The van der Waals surface area contributed by atoms with E-state index in [9.17, 15) is 4.79 Å². The third-order valence-electron chi connectivity index (χ3n) is 3.95. The van der Waals surface area contributed by atoms with Crippen LogP contribution >= 0.6 is 11.6 Å². The van der Waals surface area contributed by atoms with Gasteiger partial charge in [0.1, 0.15) is 0 Å². The van der Waals surface area contributed by atoms with E-state index >= 15 is 0 Å². The summed E-state index contributed by atoms with van der Waals surface area (Å²) in [6.45, 7) is 2.51. The van der Waals surface area contributed by atoms with E-state index in [0.29, 0.717) is 13.0 Å². The molecule has 0 saturated heterocycles. The Morgan fingerprint density at radius 3 is 2.55 bits per heavy atom. The monoisotopic (exact) mass is 296 g/mol. The minimum absolute atomic E-state index is 0.0355. The van der Waals surface area contributed by atoms with Gasteiger partial charge < -0.3 is 15.7 Å². The molecule has 2 amide bonds. The van der Waals surface area contributed by atoms with Gasteiger partial charge in [0, 0.05) is 17.0 Å². The fraction of sp³-hybridized carbons (Fsp3) is 0.533. The van der Waals surface area contributed by atoms with Crippen LogP contribution in [0.15, 0.2) is 24.3 Å². The highest BCUT2D eigenvalue weighted by molar-refractivity contribution is 6.30. The Kier molecular flexibility index (Phi) is 4.89. The van der Waals surface area contributed by atoms with E-state index in [1.165, 1.54) is 5.56 Å². The van der Waals surface area contributed by atoms with E-state index in [4.69, 9.17) is 16.7 Å². The van der Waals surface area contributed by atoms with Crippen LogP contribution in [-0.4, -0.2) is 30.3 Å². The van der Waals surface area contributed by atoms with Crippen molar-refractivity contribution in [2.24, 2.45) is 0 Å². The summed E-state index contributed by atoms with van der Waals surface area (Å²) >= 11 is 5.90. The molecule has 4 nitrogen and oxygen atoms in total. The molecule has 0 aliphatic heterocycles. The molecule has 1 unspecified atom stereocenters. The molecule has 0 spiro atoms. The summed E-state index contributed by atoms with van der Waals surface area (Å²) < 4.78 is 0. The first-order valence-electron chi connectivity index (χ1n) is 7.01. The van der Waals surface area contributed by atoms with Crippen LogP contribution in [0, 0.1) is 0 Å². The molecule has 1 atom stereocenters. The Bertz CT molecular complexity index is 453. The summed E-state index contributed by atoms with van der Waals surface area (Å²) in [5.41, 5.74) is 1.28. The highest BCUT2D eigenvalue weighted by atomic mass is 35.5. The Morgan fingerprint density at radius 1 is 1.40 bits per heavy atom. The molecule has 0 radical (unpaired) electrons. The van der Waals surface area contributed by atoms with Gasteiger partial charge in [0.2, 0.25) is 0 Å². The maximum Gasteiger partial charge on any atom is 0.315 e. The van der Waals surface area contributed by atoms with Gasteiger partial charge in [0.05, 0.1) is 12.6 Å². The van der Waals surface area contributed by atoms with Crippen molar-refractivity contribution < 1.29 is 9.90 Å². The smallest absolute Gasteiger partial charge is 0.315 e. The lowest BCUT2D eigenvalue weighted by Crippen LogP contribution is -2.45. The van der Waals surface area contributed by atoms with Crippen molar-refractivity contribution in [1.29, 1.82) is 0 Å². The van der Waals surface area contributed by atoms with E-state index in [1.54, 1.807) is 0 Å². The van der Waals surface area contributed by atoms with E-state index in [1.807, 2.05) is 31.2 Å². The van der Waals surface area contributed by atoms with Crippen molar-refractivity contribution in [3.63, 3.8) is 0 Å². The van der Waals surface area contributed by atoms with Gasteiger partial charge in [0.25, 0.3) is 0 Å². The zero-order chi connectivity index (χ0) is 14.6. The number of rotatable bonds is 6. The van der Waals surface area contributed by atoms with Crippen LogP contribution in [0.25, 0.3) is 0 Å². The number of carbonyl (C=O) groups excluding carboxylic acids is 1. The Balaban J connectivity index is 1.87. The van der Waals surface area contributed by atoms with Crippen molar-refractivity contribution in [3.8, 4) is 0 Å². The van der Waals surface area contributed by atoms with Gasteiger partial charge in [-0.3, -0.25) is 0 Å². The molecule has 1 aromatic rings. The molecular formula is C15H21ClN2O2. The number of urea groups is 1.